The van der Waals surface area contributed by atoms with Crippen LogP contribution in [0.1, 0.15) is 16.1 Å². The van der Waals surface area contributed by atoms with E-state index in [2.05, 4.69) is 10.3 Å². The van der Waals surface area contributed by atoms with E-state index in [0.29, 0.717) is 11.4 Å². The molecule has 0 aliphatic rings. The fourth-order valence-electron chi connectivity index (χ4n) is 1.46. The minimum Gasteiger partial charge on any atom is -0.399 e. The fraction of sp³-hybridized carbons (Fsp3) is 0.0769. The second-order valence-electron chi connectivity index (χ2n) is 3.88. The van der Waals surface area contributed by atoms with Gasteiger partial charge in [0.2, 0.25) is 0 Å². The molecule has 0 spiro atoms. The van der Waals surface area contributed by atoms with Crippen molar-refractivity contribution in [1.82, 2.24) is 4.98 Å². The van der Waals surface area contributed by atoms with Gasteiger partial charge in [-0.05, 0) is 37.3 Å². The summed E-state index contributed by atoms with van der Waals surface area (Å²) in [6, 6.07) is 7.32. The summed E-state index contributed by atoms with van der Waals surface area (Å²) in [4.78, 5) is 15.9. The molecule has 0 saturated carbocycles. The Morgan fingerprint density at radius 1 is 1.33 bits per heavy atom. The SMILES string of the molecule is Cc1ccc(NC(=O)c2cc(N)ccc2F)cn1. The first kappa shape index (κ1) is 12.0. The molecule has 1 aromatic heterocycles. The fourth-order valence-corrected chi connectivity index (χ4v) is 1.46. The van der Waals surface area contributed by atoms with E-state index in [1.54, 1.807) is 12.1 Å². The van der Waals surface area contributed by atoms with E-state index in [9.17, 15) is 9.18 Å². The topological polar surface area (TPSA) is 68.0 Å². The van der Waals surface area contributed by atoms with Crippen LogP contribution in [-0.4, -0.2) is 10.9 Å². The third kappa shape index (κ3) is 2.63. The number of pyridine rings is 1. The first-order valence-electron chi connectivity index (χ1n) is 5.35. The molecule has 0 fully saturated rings. The molecule has 1 amide bonds. The third-order valence-electron chi connectivity index (χ3n) is 2.40. The molecule has 0 atom stereocenters. The number of carbonyl (C=O) groups is 1. The lowest BCUT2D eigenvalue weighted by Crippen LogP contribution is -2.14. The lowest BCUT2D eigenvalue weighted by molar-refractivity contribution is 0.102. The highest BCUT2D eigenvalue weighted by molar-refractivity contribution is 6.04. The Morgan fingerprint density at radius 3 is 2.78 bits per heavy atom. The van der Waals surface area contributed by atoms with Crippen molar-refractivity contribution in [2.45, 2.75) is 6.92 Å². The molecule has 4 nitrogen and oxygen atoms in total. The molecule has 0 radical (unpaired) electrons. The van der Waals surface area contributed by atoms with Crippen LogP contribution in [0.3, 0.4) is 0 Å². The molecule has 3 N–H and O–H groups in total. The van der Waals surface area contributed by atoms with Gasteiger partial charge >= 0.3 is 0 Å². The molecule has 2 aromatic rings. The van der Waals surface area contributed by atoms with Gasteiger partial charge in [0.15, 0.2) is 0 Å². The summed E-state index contributed by atoms with van der Waals surface area (Å²) in [7, 11) is 0. The minimum atomic E-state index is -0.609. The van der Waals surface area contributed by atoms with Gasteiger partial charge in [0.25, 0.3) is 5.91 Å². The maximum Gasteiger partial charge on any atom is 0.258 e. The summed E-state index contributed by atoms with van der Waals surface area (Å²) in [5, 5.41) is 2.56. The van der Waals surface area contributed by atoms with Gasteiger partial charge in [-0.2, -0.15) is 0 Å². The van der Waals surface area contributed by atoms with Gasteiger partial charge in [0.05, 0.1) is 17.4 Å². The van der Waals surface area contributed by atoms with E-state index >= 15 is 0 Å². The molecule has 92 valence electrons. The highest BCUT2D eigenvalue weighted by atomic mass is 19.1. The van der Waals surface area contributed by atoms with Crippen LogP contribution in [0.2, 0.25) is 0 Å². The molecule has 0 unspecified atom stereocenters. The van der Waals surface area contributed by atoms with Crippen LogP contribution in [-0.2, 0) is 0 Å². The maximum absolute atomic E-state index is 13.5. The highest BCUT2D eigenvalue weighted by Crippen LogP contribution is 2.14. The third-order valence-corrected chi connectivity index (χ3v) is 2.40. The molecule has 0 bridgehead atoms. The Labute approximate surface area is 104 Å². The zero-order chi connectivity index (χ0) is 13.1. The van der Waals surface area contributed by atoms with E-state index in [4.69, 9.17) is 5.73 Å². The number of nitrogens with two attached hydrogens (primary N) is 1. The predicted molar refractivity (Wildman–Crippen MR) is 67.7 cm³/mol. The van der Waals surface area contributed by atoms with Gasteiger partial charge in [-0.1, -0.05) is 0 Å². The van der Waals surface area contributed by atoms with E-state index in [1.807, 2.05) is 6.92 Å². The zero-order valence-electron chi connectivity index (χ0n) is 9.77. The molecule has 0 aliphatic carbocycles. The van der Waals surface area contributed by atoms with Crippen LogP contribution in [0.25, 0.3) is 0 Å². The molecular formula is C13H12FN3O. The van der Waals surface area contributed by atoms with Gasteiger partial charge in [0.1, 0.15) is 5.82 Å². The number of carbonyl (C=O) groups excluding carboxylic acids is 1. The number of rotatable bonds is 2. The van der Waals surface area contributed by atoms with Crippen LogP contribution in [0, 0.1) is 12.7 Å². The lowest BCUT2D eigenvalue weighted by Gasteiger charge is -2.06. The van der Waals surface area contributed by atoms with Gasteiger partial charge in [-0.15, -0.1) is 0 Å². The monoisotopic (exact) mass is 245 g/mol. The van der Waals surface area contributed by atoms with Crippen molar-refractivity contribution in [2.24, 2.45) is 0 Å². The van der Waals surface area contributed by atoms with Gasteiger partial charge in [0, 0.05) is 11.4 Å². The second kappa shape index (κ2) is 4.83. The number of benzene rings is 1. The predicted octanol–water partition coefficient (Wildman–Crippen LogP) is 2.36. The Bertz CT molecular complexity index is 581. The molecule has 1 aromatic carbocycles. The normalized spacial score (nSPS) is 10.1. The number of halogens is 1. The number of nitrogens with one attached hydrogen (secondary N) is 1. The van der Waals surface area contributed by atoms with Crippen molar-refractivity contribution >= 4 is 17.3 Å². The number of nitrogen functional groups attached to an aromatic ring is 1. The van der Waals surface area contributed by atoms with E-state index < -0.39 is 11.7 Å². The molecule has 5 heteroatoms. The van der Waals surface area contributed by atoms with E-state index in [-0.39, 0.29) is 5.56 Å². The number of anilines is 2. The first-order chi connectivity index (χ1) is 8.56. The standard InChI is InChI=1S/C13H12FN3O/c1-8-2-4-10(7-16-8)17-13(18)11-6-9(15)3-5-12(11)14/h2-7H,15H2,1H3,(H,17,18). The Kier molecular flexibility index (Phi) is 3.23. The molecule has 1 heterocycles. The van der Waals surface area contributed by atoms with Crippen LogP contribution < -0.4 is 11.1 Å². The Hall–Kier alpha value is -2.43. The van der Waals surface area contributed by atoms with E-state index in [1.165, 1.54) is 18.3 Å². The number of nitrogens with zero attached hydrogens (tertiary/aromatic N) is 1. The van der Waals surface area contributed by atoms with Crippen molar-refractivity contribution in [3.05, 3.63) is 53.6 Å². The Morgan fingerprint density at radius 2 is 2.11 bits per heavy atom. The zero-order valence-corrected chi connectivity index (χ0v) is 9.77. The van der Waals surface area contributed by atoms with Crippen molar-refractivity contribution in [1.29, 1.82) is 0 Å². The highest BCUT2D eigenvalue weighted by Gasteiger charge is 2.12. The van der Waals surface area contributed by atoms with Crippen molar-refractivity contribution < 1.29 is 9.18 Å². The van der Waals surface area contributed by atoms with Crippen molar-refractivity contribution in [3.63, 3.8) is 0 Å². The number of aryl methyl sites for hydroxylation is 1. The van der Waals surface area contributed by atoms with Crippen LogP contribution in [0.4, 0.5) is 15.8 Å². The summed E-state index contributed by atoms with van der Waals surface area (Å²) in [5.41, 5.74) is 7.11. The molecule has 2 rings (SSSR count). The average molecular weight is 245 g/mol. The number of amides is 1. The maximum atomic E-state index is 13.5. The van der Waals surface area contributed by atoms with Crippen molar-refractivity contribution in [2.75, 3.05) is 11.1 Å². The minimum absolute atomic E-state index is 0.0874. The van der Waals surface area contributed by atoms with Crippen LogP contribution >= 0.6 is 0 Å². The number of aromatic nitrogens is 1. The summed E-state index contributed by atoms with van der Waals surface area (Å²) < 4.78 is 13.5. The molecular weight excluding hydrogens is 233 g/mol. The largest absolute Gasteiger partial charge is 0.399 e. The number of hydrogen-bond donors (Lipinski definition) is 2. The molecule has 18 heavy (non-hydrogen) atoms. The van der Waals surface area contributed by atoms with Crippen LogP contribution in [0.5, 0.6) is 0 Å². The van der Waals surface area contributed by atoms with Gasteiger partial charge < -0.3 is 11.1 Å². The quantitative estimate of drug-likeness (QED) is 0.798. The molecule has 0 saturated heterocycles. The van der Waals surface area contributed by atoms with E-state index in [0.717, 1.165) is 11.8 Å². The molecule has 0 aliphatic heterocycles. The lowest BCUT2D eigenvalue weighted by atomic mass is 10.1. The van der Waals surface area contributed by atoms with Crippen LogP contribution in [0.15, 0.2) is 36.5 Å². The second-order valence-corrected chi connectivity index (χ2v) is 3.88. The Balaban J connectivity index is 2.21. The van der Waals surface area contributed by atoms with Crippen molar-refractivity contribution in [3.8, 4) is 0 Å². The summed E-state index contributed by atoms with van der Waals surface area (Å²) in [5.74, 6) is -1.16. The summed E-state index contributed by atoms with van der Waals surface area (Å²) >= 11 is 0. The van der Waals surface area contributed by atoms with Gasteiger partial charge in [-0.3, -0.25) is 9.78 Å². The average Bonchev–Trinajstić information content (AvgIpc) is 2.35. The summed E-state index contributed by atoms with van der Waals surface area (Å²) in [6.07, 6.45) is 1.51. The number of hydrogen-bond acceptors (Lipinski definition) is 3. The smallest absolute Gasteiger partial charge is 0.258 e. The first-order valence-corrected chi connectivity index (χ1v) is 5.35. The summed E-state index contributed by atoms with van der Waals surface area (Å²) in [6.45, 7) is 1.84. The van der Waals surface area contributed by atoms with Gasteiger partial charge in [-0.25, -0.2) is 4.39 Å².